The molecule has 1 aromatic carbocycles. The topological polar surface area (TPSA) is 54.4 Å². The fourth-order valence-corrected chi connectivity index (χ4v) is 3.94. The second-order valence-electron chi connectivity index (χ2n) is 7.60. The van der Waals surface area contributed by atoms with E-state index < -0.39 is 6.04 Å². The van der Waals surface area contributed by atoms with Crippen LogP contribution < -0.4 is 5.32 Å². The van der Waals surface area contributed by atoms with Crippen molar-refractivity contribution in [2.75, 3.05) is 0 Å². The summed E-state index contributed by atoms with van der Waals surface area (Å²) < 4.78 is 0. The van der Waals surface area contributed by atoms with Crippen LogP contribution in [0.25, 0.3) is 0 Å². The van der Waals surface area contributed by atoms with E-state index in [1.54, 1.807) is 12.4 Å². The third-order valence-corrected chi connectivity index (χ3v) is 5.20. The van der Waals surface area contributed by atoms with Gasteiger partial charge < -0.3 is 5.32 Å². The molecule has 0 amide bonds. The highest BCUT2D eigenvalue weighted by Gasteiger charge is 2.39. The van der Waals surface area contributed by atoms with E-state index in [-0.39, 0.29) is 11.2 Å². The first-order valence-corrected chi connectivity index (χ1v) is 9.08. The third kappa shape index (κ3) is 3.06. The van der Waals surface area contributed by atoms with Gasteiger partial charge in [-0.1, -0.05) is 43.6 Å². The van der Waals surface area contributed by atoms with Gasteiger partial charge in [-0.05, 0) is 35.6 Å². The van der Waals surface area contributed by atoms with Gasteiger partial charge in [0.25, 0.3) is 0 Å². The number of allylic oxidation sites excluding steroid dienone is 1. The molecule has 1 aromatic heterocycles. The number of hydrogen-bond donors (Lipinski definition) is 1. The molecule has 26 heavy (non-hydrogen) atoms. The average Bonchev–Trinajstić information content (AvgIpc) is 2.61. The van der Waals surface area contributed by atoms with Crippen molar-refractivity contribution in [3.63, 3.8) is 0 Å². The van der Waals surface area contributed by atoms with Crippen LogP contribution in [0.1, 0.15) is 43.9 Å². The molecule has 132 valence electrons. The molecule has 0 unspecified atom stereocenters. The number of amidine groups is 1. The number of carbonyl (C=O) groups is 1. The number of hydrogen-bond acceptors (Lipinski definition) is 4. The first-order chi connectivity index (χ1) is 12.4. The van der Waals surface area contributed by atoms with Gasteiger partial charge in [0.1, 0.15) is 11.9 Å². The number of ketones is 1. The van der Waals surface area contributed by atoms with Crippen LogP contribution in [-0.4, -0.2) is 16.6 Å². The predicted octanol–water partition coefficient (Wildman–Crippen LogP) is 4.47. The van der Waals surface area contributed by atoms with Gasteiger partial charge in [-0.2, -0.15) is 0 Å². The maximum Gasteiger partial charge on any atom is 0.163 e. The Morgan fingerprint density at radius 3 is 2.69 bits per heavy atom. The van der Waals surface area contributed by atoms with Crippen molar-refractivity contribution in [1.29, 1.82) is 0 Å². The van der Waals surface area contributed by atoms with E-state index in [2.05, 4.69) is 24.1 Å². The number of carbonyl (C=O) groups excluding carboxylic acids is 1. The normalized spacial score (nSPS) is 21.7. The van der Waals surface area contributed by atoms with Crippen molar-refractivity contribution in [2.24, 2.45) is 10.4 Å². The summed E-state index contributed by atoms with van der Waals surface area (Å²) in [6, 6.07) is 11.1. The summed E-state index contributed by atoms with van der Waals surface area (Å²) in [5.74, 6) is 0.870. The summed E-state index contributed by atoms with van der Waals surface area (Å²) in [7, 11) is 0. The monoisotopic (exact) mass is 365 g/mol. The first-order valence-electron chi connectivity index (χ1n) is 8.70. The fourth-order valence-electron chi connectivity index (χ4n) is 3.70. The van der Waals surface area contributed by atoms with Crippen molar-refractivity contribution in [2.45, 2.75) is 32.7 Å². The van der Waals surface area contributed by atoms with Crippen LogP contribution in [0.5, 0.6) is 0 Å². The van der Waals surface area contributed by atoms with Gasteiger partial charge in [0, 0.05) is 40.7 Å². The summed E-state index contributed by atoms with van der Waals surface area (Å²) >= 11 is 6.45. The van der Waals surface area contributed by atoms with Crippen LogP contribution >= 0.6 is 11.6 Å². The molecule has 0 spiro atoms. The number of pyridine rings is 1. The Morgan fingerprint density at radius 1 is 1.15 bits per heavy atom. The molecule has 4 rings (SSSR count). The third-order valence-electron chi connectivity index (χ3n) is 4.86. The van der Waals surface area contributed by atoms with Crippen molar-refractivity contribution in [3.05, 3.63) is 76.2 Å². The number of Topliss-reactive ketones (excluding diaryl/α,β-unsaturated/α-hetero) is 1. The van der Waals surface area contributed by atoms with E-state index in [1.807, 2.05) is 36.4 Å². The maximum absolute atomic E-state index is 13.0. The molecule has 2 aromatic rings. The summed E-state index contributed by atoms with van der Waals surface area (Å²) in [6.45, 7) is 4.24. The van der Waals surface area contributed by atoms with Crippen molar-refractivity contribution >= 4 is 23.2 Å². The maximum atomic E-state index is 13.0. The minimum atomic E-state index is -0.390. The zero-order valence-electron chi connectivity index (χ0n) is 14.8. The van der Waals surface area contributed by atoms with Crippen molar-refractivity contribution < 1.29 is 4.79 Å². The SMILES string of the molecule is CC1(C)CC(=O)C2=C(C1)NC(c1cccnc1)=N[C@@H]2c1ccccc1Cl. The van der Waals surface area contributed by atoms with Gasteiger partial charge in [0.05, 0.1) is 0 Å². The number of nitrogens with one attached hydrogen (secondary N) is 1. The molecule has 0 saturated heterocycles. The quantitative estimate of drug-likeness (QED) is 0.854. The fraction of sp³-hybridized carbons (Fsp3) is 0.286. The van der Waals surface area contributed by atoms with Gasteiger partial charge in [0.2, 0.25) is 0 Å². The van der Waals surface area contributed by atoms with Gasteiger partial charge in [0.15, 0.2) is 5.78 Å². The van der Waals surface area contributed by atoms with Gasteiger partial charge >= 0.3 is 0 Å². The van der Waals surface area contributed by atoms with Crippen molar-refractivity contribution in [1.82, 2.24) is 10.3 Å². The highest BCUT2D eigenvalue weighted by Crippen LogP contribution is 2.44. The average molecular weight is 366 g/mol. The molecular formula is C21H20ClN3O. The highest BCUT2D eigenvalue weighted by molar-refractivity contribution is 6.31. The Kier molecular flexibility index (Phi) is 4.16. The Labute approximate surface area is 158 Å². The summed E-state index contributed by atoms with van der Waals surface area (Å²) in [5.41, 5.74) is 3.37. The molecule has 1 atom stereocenters. The van der Waals surface area contributed by atoms with E-state index in [0.717, 1.165) is 34.7 Å². The molecule has 0 saturated carbocycles. The minimum absolute atomic E-state index is 0.0780. The Morgan fingerprint density at radius 2 is 1.96 bits per heavy atom. The Hall–Kier alpha value is -2.46. The number of halogens is 1. The number of benzene rings is 1. The molecular weight excluding hydrogens is 346 g/mol. The molecule has 0 fully saturated rings. The van der Waals surface area contributed by atoms with Gasteiger partial charge in [-0.3, -0.25) is 14.8 Å². The Bertz CT molecular complexity index is 931. The molecule has 2 aliphatic rings. The van der Waals surface area contributed by atoms with Gasteiger partial charge in [-0.15, -0.1) is 0 Å². The molecule has 1 aliphatic carbocycles. The van der Waals surface area contributed by atoms with E-state index in [0.29, 0.717) is 11.4 Å². The summed E-state index contributed by atoms with van der Waals surface area (Å²) in [4.78, 5) is 22.0. The smallest absolute Gasteiger partial charge is 0.163 e. The molecule has 1 N–H and O–H groups in total. The van der Waals surface area contributed by atoms with Crippen LogP contribution in [0.2, 0.25) is 5.02 Å². The Balaban J connectivity index is 1.87. The second kappa shape index (κ2) is 6.36. The van der Waals surface area contributed by atoms with E-state index in [1.165, 1.54) is 0 Å². The van der Waals surface area contributed by atoms with Crippen LogP contribution in [-0.2, 0) is 4.79 Å². The lowest BCUT2D eigenvalue weighted by molar-refractivity contribution is -0.118. The van der Waals surface area contributed by atoms with Crippen LogP contribution in [0.4, 0.5) is 0 Å². The highest BCUT2D eigenvalue weighted by atomic mass is 35.5. The summed E-state index contributed by atoms with van der Waals surface area (Å²) in [6.07, 6.45) is 4.83. The van der Waals surface area contributed by atoms with E-state index >= 15 is 0 Å². The predicted molar refractivity (Wildman–Crippen MR) is 103 cm³/mol. The van der Waals surface area contributed by atoms with E-state index in [9.17, 15) is 4.79 Å². The standard InChI is InChI=1S/C21H20ClN3O/c1-21(2)10-16-18(17(26)11-21)19(14-7-3-4-8-15(14)22)25-20(24-16)13-6-5-9-23-12-13/h3-9,12,19H,10-11H2,1-2H3,(H,24,25)/t19-/m1/s1. The first kappa shape index (κ1) is 17.0. The number of aliphatic imine (C=N–C) groups is 1. The van der Waals surface area contributed by atoms with Crippen LogP contribution in [0.15, 0.2) is 65.1 Å². The van der Waals surface area contributed by atoms with Crippen molar-refractivity contribution in [3.8, 4) is 0 Å². The lowest BCUT2D eigenvalue weighted by Gasteiger charge is -2.37. The minimum Gasteiger partial charge on any atom is -0.343 e. The molecule has 2 heterocycles. The second-order valence-corrected chi connectivity index (χ2v) is 8.01. The zero-order valence-corrected chi connectivity index (χ0v) is 15.5. The van der Waals surface area contributed by atoms with Crippen LogP contribution in [0, 0.1) is 5.41 Å². The lowest BCUT2D eigenvalue weighted by Crippen LogP contribution is -2.39. The number of nitrogens with zero attached hydrogens (tertiary/aromatic N) is 2. The molecule has 5 heteroatoms. The van der Waals surface area contributed by atoms with E-state index in [4.69, 9.17) is 16.6 Å². The molecule has 1 aliphatic heterocycles. The van der Waals surface area contributed by atoms with Gasteiger partial charge in [-0.25, -0.2) is 0 Å². The number of rotatable bonds is 2. The molecule has 0 bridgehead atoms. The molecule has 4 nitrogen and oxygen atoms in total. The number of aromatic nitrogens is 1. The summed E-state index contributed by atoms with van der Waals surface area (Å²) in [5, 5.41) is 4.03. The largest absolute Gasteiger partial charge is 0.343 e. The zero-order chi connectivity index (χ0) is 18.3. The van der Waals surface area contributed by atoms with Crippen LogP contribution in [0.3, 0.4) is 0 Å². The lowest BCUT2D eigenvalue weighted by atomic mass is 9.73. The molecule has 0 radical (unpaired) electrons.